The maximum absolute atomic E-state index is 4.47. The Morgan fingerprint density at radius 1 is 1.09 bits per heavy atom. The summed E-state index contributed by atoms with van der Waals surface area (Å²) in [7, 11) is 0. The first-order chi connectivity index (χ1) is 11.2. The summed E-state index contributed by atoms with van der Waals surface area (Å²) >= 11 is 4.26. The van der Waals surface area contributed by atoms with E-state index in [4.69, 9.17) is 0 Å². The molecule has 0 bridgehead atoms. The Morgan fingerprint density at radius 2 is 1.83 bits per heavy atom. The molecule has 0 saturated heterocycles. The Hall–Kier alpha value is -2.13. The van der Waals surface area contributed by atoms with Crippen molar-refractivity contribution < 1.29 is 0 Å². The molecule has 0 unspecified atom stereocenters. The number of aliphatic imine (C=N–C) groups is 1. The van der Waals surface area contributed by atoms with Crippen molar-refractivity contribution >= 4 is 30.6 Å². The molecule has 0 N–H and O–H groups in total. The fourth-order valence-electron chi connectivity index (χ4n) is 2.03. The second-order valence-corrected chi connectivity index (χ2v) is 5.75. The highest BCUT2D eigenvalue weighted by Crippen LogP contribution is 2.21. The highest BCUT2D eigenvalue weighted by molar-refractivity contribution is 7.80. The maximum Gasteiger partial charge on any atom is 0.0758 e. The number of hydrogen-bond acceptors (Lipinski definition) is 3. The minimum absolute atomic E-state index is 0.827. The van der Waals surface area contributed by atoms with E-state index in [2.05, 4.69) is 60.7 Å². The highest BCUT2D eigenvalue weighted by Gasteiger charge is 1.92. The maximum atomic E-state index is 4.47. The molecule has 2 nitrogen and oxygen atoms in total. The number of hydrogen-bond donors (Lipinski definition) is 1. The molecule has 118 valence electrons. The largest absolute Gasteiger partial charge is 0.280 e. The number of para-hydroxylation sites is 2. The molecule has 0 aromatic heterocycles. The van der Waals surface area contributed by atoms with E-state index < -0.39 is 0 Å². The zero-order chi connectivity index (χ0) is 16.5. The molecule has 1 aliphatic heterocycles. The average Bonchev–Trinajstić information content (AvgIpc) is 2.77. The fraction of sp³-hybridized carbons (Fsp3) is 0.200. The van der Waals surface area contributed by atoms with Gasteiger partial charge in [0.15, 0.2) is 0 Å². The molecule has 0 amide bonds. The summed E-state index contributed by atoms with van der Waals surface area (Å²) in [5, 5.41) is 2.32. The monoisotopic (exact) mass is 322 g/mol. The fourth-order valence-corrected chi connectivity index (χ4v) is 2.25. The molecule has 0 radical (unpaired) electrons. The first-order valence-corrected chi connectivity index (χ1v) is 8.23. The second-order valence-electron chi connectivity index (χ2n) is 5.26. The number of allylic oxidation sites excluding steroid dienone is 1. The van der Waals surface area contributed by atoms with E-state index >= 15 is 0 Å². The van der Waals surface area contributed by atoms with Crippen LogP contribution in [0.3, 0.4) is 0 Å². The minimum atomic E-state index is 0.827. The van der Waals surface area contributed by atoms with Gasteiger partial charge in [0.1, 0.15) is 0 Å². The van der Waals surface area contributed by atoms with E-state index in [1.165, 1.54) is 10.8 Å². The van der Waals surface area contributed by atoms with Crippen molar-refractivity contribution in [1.82, 2.24) is 0 Å². The van der Waals surface area contributed by atoms with E-state index in [0.29, 0.717) is 0 Å². The lowest BCUT2D eigenvalue weighted by Crippen LogP contribution is -2.23. The summed E-state index contributed by atoms with van der Waals surface area (Å²) in [6.07, 6.45) is 7.10. The van der Waals surface area contributed by atoms with Gasteiger partial charge in [0.05, 0.1) is 17.6 Å². The van der Waals surface area contributed by atoms with Gasteiger partial charge >= 0.3 is 0 Å². The smallest absolute Gasteiger partial charge is 0.0758 e. The Kier molecular flexibility index (Phi) is 6.82. The van der Waals surface area contributed by atoms with Crippen molar-refractivity contribution in [2.24, 2.45) is 9.98 Å². The molecule has 3 heteroatoms. The van der Waals surface area contributed by atoms with Gasteiger partial charge < -0.3 is 0 Å². The van der Waals surface area contributed by atoms with Gasteiger partial charge in [-0.05, 0) is 36.8 Å². The Balaban J connectivity index is 0.000000168. The van der Waals surface area contributed by atoms with Crippen LogP contribution in [0.1, 0.15) is 20.3 Å². The molecule has 0 aliphatic carbocycles. The van der Waals surface area contributed by atoms with Crippen LogP contribution in [0.15, 0.2) is 75.1 Å². The van der Waals surface area contributed by atoms with Crippen molar-refractivity contribution in [3.05, 3.63) is 70.8 Å². The molecule has 0 atom stereocenters. The van der Waals surface area contributed by atoms with Gasteiger partial charge in [-0.1, -0.05) is 55.0 Å². The first kappa shape index (κ1) is 17.2. The molecule has 2 aromatic carbocycles. The van der Waals surface area contributed by atoms with Crippen molar-refractivity contribution in [3.63, 3.8) is 0 Å². The van der Waals surface area contributed by atoms with E-state index in [1.54, 1.807) is 0 Å². The first-order valence-electron chi connectivity index (χ1n) is 7.78. The van der Waals surface area contributed by atoms with E-state index in [1.807, 2.05) is 42.6 Å². The van der Waals surface area contributed by atoms with Crippen molar-refractivity contribution in [2.45, 2.75) is 25.2 Å². The van der Waals surface area contributed by atoms with Crippen LogP contribution >= 0.6 is 12.6 Å². The summed E-state index contributed by atoms with van der Waals surface area (Å²) in [5.41, 5.74) is 2.25. The zero-order valence-corrected chi connectivity index (χ0v) is 14.5. The summed E-state index contributed by atoms with van der Waals surface area (Å²) < 4.78 is 0. The van der Waals surface area contributed by atoms with E-state index in [0.717, 1.165) is 28.9 Å². The van der Waals surface area contributed by atoms with E-state index in [9.17, 15) is 0 Å². The predicted octanol–water partition coefficient (Wildman–Crippen LogP) is 4.13. The van der Waals surface area contributed by atoms with Crippen LogP contribution < -0.4 is 10.6 Å². The molecule has 23 heavy (non-hydrogen) atoms. The topological polar surface area (TPSA) is 24.7 Å². The third-order valence-corrected chi connectivity index (χ3v) is 3.66. The Labute approximate surface area is 143 Å². The quantitative estimate of drug-likeness (QED) is 0.635. The summed E-state index contributed by atoms with van der Waals surface area (Å²) in [4.78, 5) is 9.62. The van der Waals surface area contributed by atoms with Crippen LogP contribution in [0.2, 0.25) is 0 Å². The molecule has 3 rings (SSSR count). The molecule has 2 aromatic rings. The lowest BCUT2D eigenvalue weighted by Gasteiger charge is -1.95. The van der Waals surface area contributed by atoms with Crippen LogP contribution in [0.4, 0.5) is 5.69 Å². The average molecular weight is 322 g/mol. The van der Waals surface area contributed by atoms with Crippen molar-refractivity contribution in [3.8, 4) is 0 Å². The van der Waals surface area contributed by atoms with Gasteiger partial charge in [-0.15, -0.1) is 12.6 Å². The third kappa shape index (κ3) is 5.53. The van der Waals surface area contributed by atoms with Gasteiger partial charge in [-0.25, -0.2) is 0 Å². The lowest BCUT2D eigenvalue weighted by atomic mass is 10.2. The van der Waals surface area contributed by atoms with Gasteiger partial charge in [0, 0.05) is 11.1 Å². The van der Waals surface area contributed by atoms with Gasteiger partial charge in [-0.3, -0.25) is 9.98 Å². The summed E-state index contributed by atoms with van der Waals surface area (Å²) in [5.74, 6) is 0. The third-order valence-electron chi connectivity index (χ3n) is 3.28. The zero-order valence-electron chi connectivity index (χ0n) is 13.6. The summed E-state index contributed by atoms with van der Waals surface area (Å²) in [6, 6.07) is 16.0. The SMILES string of the molecule is CC1=CC=c2ccccc2=NC1.CCC=Nc1ccccc1S. The van der Waals surface area contributed by atoms with Crippen LogP contribution in [0, 0.1) is 0 Å². The van der Waals surface area contributed by atoms with E-state index in [-0.39, 0.29) is 0 Å². The number of rotatable bonds is 2. The van der Waals surface area contributed by atoms with Gasteiger partial charge in [-0.2, -0.15) is 0 Å². The molecule has 1 aliphatic rings. The molecular weight excluding hydrogens is 300 g/mol. The van der Waals surface area contributed by atoms with Crippen molar-refractivity contribution in [1.29, 1.82) is 0 Å². The molecule has 0 fully saturated rings. The standard InChI is InChI=1S/C11H11N.C9H11NS/c1-9-6-7-10-4-2-3-5-11(10)12-8-9;1-2-7-10-8-5-3-4-6-9(8)11/h2-7H,8H2,1H3;3-7,11H,2H2,1H3. The van der Waals surface area contributed by atoms with Gasteiger partial charge in [0.25, 0.3) is 0 Å². The number of fused-ring (bicyclic) bond motifs is 1. The highest BCUT2D eigenvalue weighted by atomic mass is 32.1. The number of benzene rings is 2. The number of nitrogens with zero attached hydrogens (tertiary/aromatic N) is 2. The van der Waals surface area contributed by atoms with Crippen LogP contribution in [-0.4, -0.2) is 12.8 Å². The molecule has 0 saturated carbocycles. The Morgan fingerprint density at radius 3 is 2.61 bits per heavy atom. The lowest BCUT2D eigenvalue weighted by molar-refractivity contribution is 1.07. The minimum Gasteiger partial charge on any atom is -0.280 e. The number of thiol groups is 1. The molecule has 1 heterocycles. The normalized spacial score (nSPS) is 12.9. The van der Waals surface area contributed by atoms with Crippen LogP contribution in [-0.2, 0) is 0 Å². The second kappa shape index (κ2) is 9.11. The van der Waals surface area contributed by atoms with Crippen molar-refractivity contribution in [2.75, 3.05) is 6.54 Å². The van der Waals surface area contributed by atoms with Crippen LogP contribution in [0.25, 0.3) is 6.08 Å². The molecular formula is C20H22N2S. The summed E-state index contributed by atoms with van der Waals surface area (Å²) in [6.45, 7) is 4.99. The molecule has 0 spiro atoms. The predicted molar refractivity (Wildman–Crippen MR) is 102 cm³/mol. The van der Waals surface area contributed by atoms with Gasteiger partial charge in [0.2, 0.25) is 0 Å². The Bertz CT molecular complexity index is 820. The van der Waals surface area contributed by atoms with Crippen LogP contribution in [0.5, 0.6) is 0 Å².